The van der Waals surface area contributed by atoms with Crippen molar-refractivity contribution in [1.82, 2.24) is 4.90 Å². The monoisotopic (exact) mass is 489 g/mol. The third kappa shape index (κ3) is 6.61. The van der Waals surface area contributed by atoms with Crippen molar-refractivity contribution < 1.29 is 14.3 Å². The molecule has 160 valence electrons. The fraction of sp³-hybridized carbons (Fsp3) is 0.417. The van der Waals surface area contributed by atoms with Gasteiger partial charge in [-0.2, -0.15) is 0 Å². The first-order valence-corrected chi connectivity index (χ1v) is 12.1. The van der Waals surface area contributed by atoms with Gasteiger partial charge in [-0.3, -0.25) is 9.59 Å². The standard InChI is InChI=1S/C24H28BrNO3S/c1-17-13-22(18(2)12-21(17)25)30-16-24(28)29-15-23(27)26-10-8-20(9-11-26)14-19-6-4-3-5-7-19/h3-7,12-13,20H,8-11,14-16H2,1-2H3. The van der Waals surface area contributed by atoms with Crippen molar-refractivity contribution in [2.75, 3.05) is 25.4 Å². The van der Waals surface area contributed by atoms with Crippen molar-refractivity contribution in [3.8, 4) is 0 Å². The van der Waals surface area contributed by atoms with Gasteiger partial charge in [0.05, 0.1) is 5.75 Å². The van der Waals surface area contributed by atoms with Crippen LogP contribution < -0.4 is 0 Å². The number of carbonyl (C=O) groups excluding carboxylic acids is 2. The molecule has 1 aliphatic heterocycles. The van der Waals surface area contributed by atoms with E-state index in [1.54, 1.807) is 0 Å². The maximum Gasteiger partial charge on any atom is 0.316 e. The van der Waals surface area contributed by atoms with Gasteiger partial charge < -0.3 is 9.64 Å². The molecule has 30 heavy (non-hydrogen) atoms. The van der Waals surface area contributed by atoms with Crippen LogP contribution in [0.4, 0.5) is 0 Å². The molecule has 0 unspecified atom stereocenters. The summed E-state index contributed by atoms with van der Waals surface area (Å²) in [4.78, 5) is 27.4. The molecule has 1 amide bonds. The Morgan fingerprint density at radius 3 is 2.50 bits per heavy atom. The van der Waals surface area contributed by atoms with Gasteiger partial charge >= 0.3 is 5.97 Å². The average Bonchev–Trinajstić information content (AvgIpc) is 2.75. The minimum absolute atomic E-state index is 0.0952. The number of carbonyl (C=O) groups is 2. The lowest BCUT2D eigenvalue weighted by molar-refractivity contribution is -0.150. The fourth-order valence-electron chi connectivity index (χ4n) is 3.66. The van der Waals surface area contributed by atoms with Gasteiger partial charge in [-0.25, -0.2) is 0 Å². The Kier molecular flexibility index (Phi) is 8.40. The van der Waals surface area contributed by atoms with E-state index >= 15 is 0 Å². The number of hydrogen-bond donors (Lipinski definition) is 0. The lowest BCUT2D eigenvalue weighted by Crippen LogP contribution is -2.41. The molecule has 4 nitrogen and oxygen atoms in total. The third-order valence-electron chi connectivity index (χ3n) is 5.49. The third-order valence-corrected chi connectivity index (χ3v) is 7.48. The number of esters is 1. The number of aryl methyl sites for hydroxylation is 2. The summed E-state index contributed by atoms with van der Waals surface area (Å²) < 4.78 is 6.30. The second kappa shape index (κ2) is 11.0. The van der Waals surface area contributed by atoms with E-state index < -0.39 is 0 Å². The number of halogens is 1. The number of thioether (sulfide) groups is 1. The highest BCUT2D eigenvalue weighted by molar-refractivity contribution is 9.10. The summed E-state index contributed by atoms with van der Waals surface area (Å²) in [6, 6.07) is 14.6. The van der Waals surface area contributed by atoms with E-state index in [-0.39, 0.29) is 24.2 Å². The minimum atomic E-state index is -0.354. The first kappa shape index (κ1) is 22.9. The van der Waals surface area contributed by atoms with Crippen LogP contribution in [0.15, 0.2) is 51.8 Å². The predicted octanol–water partition coefficient (Wildman–Crippen LogP) is 5.18. The van der Waals surface area contributed by atoms with Crippen LogP contribution in [0.3, 0.4) is 0 Å². The molecule has 0 aliphatic carbocycles. The normalized spacial score (nSPS) is 14.6. The van der Waals surface area contributed by atoms with Gasteiger partial charge in [0.25, 0.3) is 5.91 Å². The second-order valence-electron chi connectivity index (χ2n) is 7.83. The second-order valence-corrected chi connectivity index (χ2v) is 9.70. The Hall–Kier alpha value is -1.79. The lowest BCUT2D eigenvalue weighted by atomic mass is 9.90. The molecule has 0 saturated carbocycles. The maximum atomic E-state index is 12.4. The van der Waals surface area contributed by atoms with Crippen LogP contribution in [0.2, 0.25) is 0 Å². The first-order chi connectivity index (χ1) is 14.4. The SMILES string of the molecule is Cc1cc(SCC(=O)OCC(=O)N2CCC(Cc3ccccc3)CC2)c(C)cc1Br. The molecule has 0 atom stereocenters. The number of ether oxygens (including phenoxy) is 1. The van der Waals surface area contributed by atoms with Gasteiger partial charge in [0.15, 0.2) is 6.61 Å². The van der Waals surface area contributed by atoms with Crippen molar-refractivity contribution >= 4 is 39.6 Å². The van der Waals surface area contributed by atoms with Crippen LogP contribution in [0.25, 0.3) is 0 Å². The summed E-state index contributed by atoms with van der Waals surface area (Å²) in [6.07, 6.45) is 3.04. The van der Waals surface area contributed by atoms with Crippen LogP contribution in [0.5, 0.6) is 0 Å². The molecule has 0 spiro atoms. The van der Waals surface area contributed by atoms with Crippen molar-refractivity contribution in [1.29, 1.82) is 0 Å². The van der Waals surface area contributed by atoms with Gasteiger partial charge in [-0.05, 0) is 67.9 Å². The summed E-state index contributed by atoms with van der Waals surface area (Å²) in [5.41, 5.74) is 3.59. The Balaban J connectivity index is 1.37. The zero-order valence-electron chi connectivity index (χ0n) is 17.5. The van der Waals surface area contributed by atoms with Crippen molar-refractivity contribution in [3.05, 3.63) is 63.6 Å². The van der Waals surface area contributed by atoms with Gasteiger partial charge in [-0.15, -0.1) is 11.8 Å². The van der Waals surface area contributed by atoms with Crippen molar-refractivity contribution in [3.63, 3.8) is 0 Å². The van der Waals surface area contributed by atoms with Gasteiger partial charge in [0.2, 0.25) is 0 Å². The summed E-state index contributed by atoms with van der Waals surface area (Å²) in [6.45, 7) is 5.34. The smallest absolute Gasteiger partial charge is 0.316 e. The Morgan fingerprint density at radius 1 is 1.10 bits per heavy atom. The maximum absolute atomic E-state index is 12.4. The largest absolute Gasteiger partial charge is 0.455 e. The zero-order valence-corrected chi connectivity index (χ0v) is 19.9. The molecule has 1 fully saturated rings. The lowest BCUT2D eigenvalue weighted by Gasteiger charge is -2.32. The van der Waals surface area contributed by atoms with Crippen LogP contribution in [-0.2, 0) is 20.7 Å². The highest BCUT2D eigenvalue weighted by atomic mass is 79.9. The Bertz CT molecular complexity index is 880. The molecular formula is C24H28BrNO3S. The molecule has 1 heterocycles. The van der Waals surface area contributed by atoms with E-state index in [0.717, 1.165) is 52.8 Å². The molecule has 0 radical (unpaired) electrons. The fourth-order valence-corrected chi connectivity index (χ4v) is 5.02. The van der Waals surface area contributed by atoms with E-state index in [1.165, 1.54) is 17.3 Å². The number of rotatable bonds is 7. The summed E-state index contributed by atoms with van der Waals surface area (Å²) in [5, 5.41) is 0. The highest BCUT2D eigenvalue weighted by Crippen LogP contribution is 2.28. The Labute approximate surface area is 191 Å². The number of hydrogen-bond acceptors (Lipinski definition) is 4. The van der Waals surface area contributed by atoms with E-state index in [1.807, 2.05) is 30.9 Å². The Morgan fingerprint density at radius 2 is 1.80 bits per heavy atom. The molecule has 0 bridgehead atoms. The molecular weight excluding hydrogens is 462 g/mol. The molecule has 1 aliphatic rings. The van der Waals surface area contributed by atoms with E-state index in [4.69, 9.17) is 4.74 Å². The van der Waals surface area contributed by atoms with Gasteiger partial charge in [-0.1, -0.05) is 46.3 Å². The summed E-state index contributed by atoms with van der Waals surface area (Å²) in [7, 11) is 0. The average molecular weight is 490 g/mol. The predicted molar refractivity (Wildman–Crippen MR) is 125 cm³/mol. The number of piperidine rings is 1. The van der Waals surface area contributed by atoms with Gasteiger partial charge in [0.1, 0.15) is 0 Å². The number of likely N-dealkylation sites (tertiary alicyclic amines) is 1. The minimum Gasteiger partial charge on any atom is -0.455 e. The topological polar surface area (TPSA) is 46.6 Å². The molecule has 0 N–H and O–H groups in total. The molecule has 1 saturated heterocycles. The molecule has 0 aromatic heterocycles. The zero-order chi connectivity index (χ0) is 21.5. The van der Waals surface area contributed by atoms with E-state index in [2.05, 4.69) is 46.3 Å². The molecule has 3 rings (SSSR count). The molecule has 2 aromatic rings. The van der Waals surface area contributed by atoms with Crippen molar-refractivity contribution in [2.24, 2.45) is 5.92 Å². The summed E-state index contributed by atoms with van der Waals surface area (Å²) in [5.74, 6) is 0.358. The quantitative estimate of drug-likeness (QED) is 0.396. The van der Waals surface area contributed by atoms with Crippen LogP contribution in [0, 0.1) is 19.8 Å². The number of amides is 1. The van der Waals surface area contributed by atoms with E-state index in [9.17, 15) is 9.59 Å². The first-order valence-electron chi connectivity index (χ1n) is 10.3. The van der Waals surface area contributed by atoms with Crippen LogP contribution in [0.1, 0.15) is 29.5 Å². The van der Waals surface area contributed by atoms with Crippen molar-refractivity contribution in [2.45, 2.75) is 38.0 Å². The highest BCUT2D eigenvalue weighted by Gasteiger charge is 2.23. The summed E-state index contributed by atoms with van der Waals surface area (Å²) >= 11 is 4.96. The number of nitrogens with zero attached hydrogens (tertiary/aromatic N) is 1. The molecule has 6 heteroatoms. The van der Waals surface area contributed by atoms with Gasteiger partial charge in [0, 0.05) is 22.5 Å². The van der Waals surface area contributed by atoms with Crippen LogP contribution in [-0.4, -0.2) is 42.2 Å². The van der Waals surface area contributed by atoms with E-state index in [0.29, 0.717) is 5.92 Å². The number of benzene rings is 2. The molecule has 2 aromatic carbocycles. The van der Waals surface area contributed by atoms with Crippen LogP contribution >= 0.6 is 27.7 Å².